The number of ether oxygens (including phenoxy) is 1. The van der Waals surface area contributed by atoms with Crippen molar-refractivity contribution in [1.82, 2.24) is 10.2 Å². The molecule has 0 bridgehead atoms. The normalized spacial score (nSPS) is 13.1. The van der Waals surface area contributed by atoms with Gasteiger partial charge in [0, 0.05) is 11.7 Å². The second kappa shape index (κ2) is 12.2. The molecule has 0 aliphatic carbocycles. The van der Waals surface area contributed by atoms with E-state index in [1.807, 2.05) is 64.1 Å². The number of carbonyl (C=O) groups is 3. The number of aryl methyl sites for hydroxylation is 4. The van der Waals surface area contributed by atoms with E-state index in [1.54, 1.807) is 34.6 Å². The second-order valence-electron chi connectivity index (χ2n) is 10.8. The molecule has 3 N–H and O–H groups in total. The molecule has 202 valence electrons. The summed E-state index contributed by atoms with van der Waals surface area (Å²) in [7, 11) is 0. The third-order valence-electron chi connectivity index (χ3n) is 5.80. The lowest BCUT2D eigenvalue weighted by Crippen LogP contribution is -2.55. The van der Waals surface area contributed by atoms with Crippen LogP contribution in [0.4, 0.5) is 10.5 Å². The third-order valence-corrected chi connectivity index (χ3v) is 5.80. The number of alkyl carbamates (subject to hydrolysis) is 1. The van der Waals surface area contributed by atoms with E-state index >= 15 is 0 Å². The van der Waals surface area contributed by atoms with Crippen molar-refractivity contribution in [2.24, 2.45) is 0 Å². The van der Waals surface area contributed by atoms with Gasteiger partial charge < -0.3 is 25.4 Å². The van der Waals surface area contributed by atoms with Gasteiger partial charge in [0.05, 0.1) is 6.61 Å². The molecule has 0 spiro atoms. The predicted octanol–water partition coefficient (Wildman–Crippen LogP) is 4.72. The molecule has 0 heterocycles. The van der Waals surface area contributed by atoms with Crippen LogP contribution in [0.2, 0.25) is 0 Å². The zero-order chi connectivity index (χ0) is 28.1. The maximum atomic E-state index is 13.9. The third kappa shape index (κ3) is 8.05. The van der Waals surface area contributed by atoms with Crippen LogP contribution in [0, 0.1) is 27.7 Å². The first-order chi connectivity index (χ1) is 17.1. The highest BCUT2D eigenvalue weighted by atomic mass is 16.6. The molecular formula is C29H41N3O5. The smallest absolute Gasteiger partial charge is 0.408 e. The number of rotatable bonds is 8. The van der Waals surface area contributed by atoms with E-state index in [0.29, 0.717) is 11.3 Å². The van der Waals surface area contributed by atoms with Crippen molar-refractivity contribution in [3.63, 3.8) is 0 Å². The van der Waals surface area contributed by atoms with Crippen LogP contribution in [0.15, 0.2) is 36.4 Å². The summed E-state index contributed by atoms with van der Waals surface area (Å²) in [5, 5.41) is 15.5. The fourth-order valence-electron chi connectivity index (χ4n) is 4.30. The van der Waals surface area contributed by atoms with Crippen LogP contribution in [0.5, 0.6) is 0 Å². The number of nitrogens with zero attached hydrogens (tertiary/aromatic N) is 1. The number of aliphatic hydroxyl groups is 1. The van der Waals surface area contributed by atoms with Crippen LogP contribution in [0.1, 0.15) is 68.5 Å². The number of hydrogen-bond donors (Lipinski definition) is 3. The van der Waals surface area contributed by atoms with E-state index in [-0.39, 0.29) is 0 Å². The summed E-state index contributed by atoms with van der Waals surface area (Å²) >= 11 is 0. The summed E-state index contributed by atoms with van der Waals surface area (Å²) in [5.41, 5.74) is 4.23. The van der Waals surface area contributed by atoms with Crippen LogP contribution < -0.4 is 10.6 Å². The van der Waals surface area contributed by atoms with E-state index < -0.39 is 48.2 Å². The lowest BCUT2D eigenvalue weighted by Gasteiger charge is -2.37. The minimum atomic E-state index is -1.29. The van der Waals surface area contributed by atoms with Crippen molar-refractivity contribution in [2.45, 2.75) is 86.0 Å². The van der Waals surface area contributed by atoms with Gasteiger partial charge in [-0.2, -0.15) is 0 Å². The maximum absolute atomic E-state index is 13.9. The summed E-state index contributed by atoms with van der Waals surface area (Å²) < 4.78 is 5.28. The van der Waals surface area contributed by atoms with E-state index in [1.165, 1.54) is 4.90 Å². The van der Waals surface area contributed by atoms with Gasteiger partial charge in [0.15, 0.2) is 0 Å². The van der Waals surface area contributed by atoms with Gasteiger partial charge in [0.1, 0.15) is 17.7 Å². The quantitative estimate of drug-likeness (QED) is 0.475. The molecule has 2 rings (SSSR count). The Balaban J connectivity index is 2.55. The Kier molecular flexibility index (Phi) is 9.87. The van der Waals surface area contributed by atoms with Crippen LogP contribution in [0.25, 0.3) is 0 Å². The fraction of sp³-hybridized carbons (Fsp3) is 0.483. The van der Waals surface area contributed by atoms with Crippen molar-refractivity contribution in [3.05, 3.63) is 64.2 Å². The second-order valence-corrected chi connectivity index (χ2v) is 10.8. The summed E-state index contributed by atoms with van der Waals surface area (Å²) in [4.78, 5) is 41.6. The largest absolute Gasteiger partial charge is 0.444 e. The molecule has 0 aliphatic rings. The molecule has 8 heteroatoms. The Morgan fingerprint density at radius 1 is 0.973 bits per heavy atom. The Labute approximate surface area is 220 Å². The van der Waals surface area contributed by atoms with E-state index in [2.05, 4.69) is 10.6 Å². The first-order valence-corrected chi connectivity index (χ1v) is 12.5. The van der Waals surface area contributed by atoms with Gasteiger partial charge in [-0.15, -0.1) is 0 Å². The minimum absolute atomic E-state index is 0.390. The average molecular weight is 512 g/mol. The van der Waals surface area contributed by atoms with Crippen molar-refractivity contribution in [2.75, 3.05) is 11.9 Å². The molecule has 2 aromatic rings. The first kappa shape index (κ1) is 29.8. The van der Waals surface area contributed by atoms with Crippen LogP contribution in [-0.4, -0.2) is 52.2 Å². The summed E-state index contributed by atoms with van der Waals surface area (Å²) in [6.45, 7) is 15.7. The molecule has 2 atom stereocenters. The summed E-state index contributed by atoms with van der Waals surface area (Å²) in [6.07, 6.45) is -0.827. The monoisotopic (exact) mass is 511 g/mol. The molecule has 0 aliphatic heterocycles. The van der Waals surface area contributed by atoms with E-state index in [4.69, 9.17) is 4.74 Å². The van der Waals surface area contributed by atoms with Crippen molar-refractivity contribution in [1.29, 1.82) is 0 Å². The number of benzene rings is 2. The van der Waals surface area contributed by atoms with Crippen LogP contribution >= 0.6 is 0 Å². The van der Waals surface area contributed by atoms with Gasteiger partial charge in [0.2, 0.25) is 5.91 Å². The van der Waals surface area contributed by atoms with Crippen molar-refractivity contribution >= 4 is 23.6 Å². The minimum Gasteiger partial charge on any atom is -0.444 e. The van der Waals surface area contributed by atoms with Crippen molar-refractivity contribution in [3.8, 4) is 0 Å². The molecule has 0 radical (unpaired) electrons. The number of nitrogens with one attached hydrogen (secondary N) is 2. The Morgan fingerprint density at radius 2 is 1.51 bits per heavy atom. The standard InChI is InChI=1S/C29H41N3O5/c1-17(2)32(27(35)23(16-33)30-28(36)37-29(7,8)9)25(22-14-18(3)13-19(4)15-22)26(34)31-24-20(5)11-10-12-21(24)6/h10-15,17,23,25,33H,16H2,1-9H3,(H,30,36)(H,31,34). The molecule has 0 aromatic heterocycles. The molecule has 0 saturated heterocycles. The molecule has 8 nitrogen and oxygen atoms in total. The van der Waals surface area contributed by atoms with Gasteiger partial charge in [-0.1, -0.05) is 47.5 Å². The Hall–Kier alpha value is -3.39. The molecule has 0 fully saturated rings. The van der Waals surface area contributed by atoms with Gasteiger partial charge in [0.25, 0.3) is 5.91 Å². The number of anilines is 1. The van der Waals surface area contributed by atoms with E-state index in [9.17, 15) is 19.5 Å². The Bertz CT molecular complexity index is 1100. The number of hydrogen-bond acceptors (Lipinski definition) is 5. The predicted molar refractivity (Wildman–Crippen MR) is 145 cm³/mol. The van der Waals surface area contributed by atoms with Crippen molar-refractivity contribution < 1.29 is 24.2 Å². The maximum Gasteiger partial charge on any atom is 0.408 e. The lowest BCUT2D eigenvalue weighted by molar-refractivity contribution is -0.143. The topological polar surface area (TPSA) is 108 Å². The number of para-hydroxylation sites is 1. The highest BCUT2D eigenvalue weighted by Crippen LogP contribution is 2.29. The first-order valence-electron chi connectivity index (χ1n) is 12.5. The molecular weight excluding hydrogens is 470 g/mol. The number of amides is 3. The Morgan fingerprint density at radius 3 is 1.97 bits per heavy atom. The van der Waals surface area contributed by atoms with E-state index in [0.717, 1.165) is 22.3 Å². The van der Waals surface area contributed by atoms with Crippen LogP contribution in [0.3, 0.4) is 0 Å². The van der Waals surface area contributed by atoms with Gasteiger partial charge in [-0.3, -0.25) is 9.59 Å². The zero-order valence-electron chi connectivity index (χ0n) is 23.4. The highest BCUT2D eigenvalue weighted by molar-refractivity contribution is 6.00. The molecule has 37 heavy (non-hydrogen) atoms. The van der Waals surface area contributed by atoms with Gasteiger partial charge >= 0.3 is 6.09 Å². The SMILES string of the molecule is Cc1cc(C)cc(C(C(=O)Nc2c(C)cccc2C)N(C(=O)C(CO)NC(=O)OC(C)(C)C)C(C)C)c1. The molecule has 2 aromatic carbocycles. The summed E-state index contributed by atoms with van der Waals surface area (Å²) in [5.74, 6) is -0.984. The fourth-order valence-corrected chi connectivity index (χ4v) is 4.30. The van der Waals surface area contributed by atoms with Gasteiger partial charge in [-0.05, 0) is 79.0 Å². The van der Waals surface area contributed by atoms with Crippen LogP contribution in [-0.2, 0) is 14.3 Å². The lowest BCUT2D eigenvalue weighted by atomic mass is 9.97. The zero-order valence-corrected chi connectivity index (χ0v) is 23.4. The average Bonchev–Trinajstić information content (AvgIpc) is 2.75. The molecule has 3 amide bonds. The number of aliphatic hydroxyl groups excluding tert-OH is 1. The number of carbonyl (C=O) groups excluding carboxylic acids is 3. The molecule has 2 unspecified atom stereocenters. The van der Waals surface area contributed by atoms with Gasteiger partial charge in [-0.25, -0.2) is 4.79 Å². The molecule has 0 saturated carbocycles. The summed E-state index contributed by atoms with van der Waals surface area (Å²) in [6, 6.07) is 8.74. The highest BCUT2D eigenvalue weighted by Gasteiger charge is 2.38.